The number of anilines is 1. The van der Waals surface area contributed by atoms with Crippen molar-refractivity contribution in [1.29, 1.82) is 0 Å². The van der Waals surface area contributed by atoms with Crippen LogP contribution in [0.2, 0.25) is 5.02 Å². The molecular weight excluding hydrogens is 254 g/mol. The van der Waals surface area contributed by atoms with E-state index < -0.39 is 0 Å². The van der Waals surface area contributed by atoms with Crippen LogP contribution in [0.3, 0.4) is 0 Å². The summed E-state index contributed by atoms with van der Waals surface area (Å²) >= 11 is 5.89. The van der Waals surface area contributed by atoms with Crippen LogP contribution in [-0.2, 0) is 4.74 Å². The molecule has 1 atom stereocenters. The van der Waals surface area contributed by atoms with Crippen molar-refractivity contribution < 1.29 is 4.74 Å². The summed E-state index contributed by atoms with van der Waals surface area (Å²) in [5, 5.41) is 11.4. The molecule has 3 heterocycles. The zero-order chi connectivity index (χ0) is 12.4. The Hall–Kier alpha value is -1.37. The van der Waals surface area contributed by atoms with Gasteiger partial charge in [0.25, 0.3) is 0 Å². The Morgan fingerprint density at radius 3 is 3.33 bits per heavy atom. The lowest BCUT2D eigenvalue weighted by Gasteiger charge is -2.23. The lowest BCUT2D eigenvalue weighted by atomic mass is 10.3. The van der Waals surface area contributed by atoms with Crippen LogP contribution in [0.1, 0.15) is 0 Å². The van der Waals surface area contributed by atoms with Gasteiger partial charge in [0, 0.05) is 25.8 Å². The zero-order valence-electron chi connectivity index (χ0n) is 9.77. The van der Waals surface area contributed by atoms with Crippen molar-refractivity contribution in [3.8, 4) is 0 Å². The van der Waals surface area contributed by atoms with Crippen molar-refractivity contribution in [3.63, 3.8) is 0 Å². The van der Waals surface area contributed by atoms with E-state index in [4.69, 9.17) is 16.3 Å². The van der Waals surface area contributed by atoms with Crippen LogP contribution < -0.4 is 10.6 Å². The number of hydrogen-bond donors (Lipinski definition) is 2. The molecule has 2 aromatic heterocycles. The zero-order valence-corrected chi connectivity index (χ0v) is 10.5. The maximum atomic E-state index is 5.89. The van der Waals surface area contributed by atoms with Crippen LogP contribution in [0.25, 0.3) is 5.65 Å². The van der Waals surface area contributed by atoms with E-state index in [2.05, 4.69) is 20.7 Å². The number of nitrogens with one attached hydrogen (secondary N) is 2. The van der Waals surface area contributed by atoms with Gasteiger partial charge in [-0.15, -0.1) is 5.10 Å². The number of pyridine rings is 1. The second-order valence-electron chi connectivity index (χ2n) is 4.16. The highest BCUT2D eigenvalue weighted by atomic mass is 35.5. The Labute approximate surface area is 109 Å². The number of morpholine rings is 1. The fourth-order valence-corrected chi connectivity index (χ4v) is 2.04. The summed E-state index contributed by atoms with van der Waals surface area (Å²) in [6.45, 7) is 3.21. The van der Waals surface area contributed by atoms with Crippen LogP contribution in [-0.4, -0.2) is 46.9 Å². The number of aromatic nitrogens is 3. The second-order valence-corrected chi connectivity index (χ2v) is 4.60. The van der Waals surface area contributed by atoms with Crippen LogP contribution in [0.4, 0.5) is 5.95 Å². The van der Waals surface area contributed by atoms with E-state index in [0.29, 0.717) is 17.5 Å². The summed E-state index contributed by atoms with van der Waals surface area (Å²) in [4.78, 5) is 4.34. The molecule has 96 valence electrons. The quantitative estimate of drug-likeness (QED) is 0.861. The standard InChI is InChI=1S/C11H14ClN5O/c12-8-1-2-10-15-11(16-17(10)7-8)14-6-9-5-13-3-4-18-9/h1-2,7,9,13H,3-6H2,(H,14,16). The van der Waals surface area contributed by atoms with Gasteiger partial charge in [0.1, 0.15) is 0 Å². The molecule has 1 aliphatic rings. The molecule has 0 spiro atoms. The number of fused-ring (bicyclic) bond motifs is 1. The van der Waals surface area contributed by atoms with Crippen LogP contribution in [0.5, 0.6) is 0 Å². The third-order valence-corrected chi connectivity index (χ3v) is 3.01. The molecule has 2 N–H and O–H groups in total. The SMILES string of the molecule is Clc1ccc2nc(NCC3CNCCO3)nn2c1. The first-order valence-corrected chi connectivity index (χ1v) is 6.27. The molecule has 1 fully saturated rings. The van der Waals surface area contributed by atoms with Gasteiger partial charge in [0.15, 0.2) is 5.65 Å². The van der Waals surface area contributed by atoms with Gasteiger partial charge in [-0.25, -0.2) is 4.52 Å². The molecule has 0 amide bonds. The minimum absolute atomic E-state index is 0.161. The van der Waals surface area contributed by atoms with Crippen LogP contribution >= 0.6 is 11.6 Å². The predicted molar refractivity (Wildman–Crippen MR) is 69.1 cm³/mol. The molecule has 0 radical (unpaired) electrons. The summed E-state index contributed by atoms with van der Waals surface area (Å²) in [5.74, 6) is 0.589. The first-order valence-electron chi connectivity index (χ1n) is 5.89. The van der Waals surface area contributed by atoms with Crippen molar-refractivity contribution in [2.24, 2.45) is 0 Å². The molecule has 0 aliphatic carbocycles. The molecule has 1 saturated heterocycles. The summed E-state index contributed by atoms with van der Waals surface area (Å²) in [6.07, 6.45) is 1.89. The number of nitrogens with zero attached hydrogens (tertiary/aromatic N) is 3. The summed E-state index contributed by atoms with van der Waals surface area (Å²) in [5.41, 5.74) is 0.768. The molecule has 3 rings (SSSR count). The normalized spacial score (nSPS) is 20.2. The molecule has 7 heteroatoms. The van der Waals surface area contributed by atoms with Crippen molar-refractivity contribution in [3.05, 3.63) is 23.4 Å². The van der Waals surface area contributed by atoms with E-state index in [0.717, 1.165) is 25.3 Å². The summed E-state index contributed by atoms with van der Waals surface area (Å²) in [7, 11) is 0. The summed E-state index contributed by atoms with van der Waals surface area (Å²) < 4.78 is 7.24. The number of rotatable bonds is 3. The maximum Gasteiger partial charge on any atom is 0.243 e. The van der Waals surface area contributed by atoms with Crippen LogP contribution in [0, 0.1) is 0 Å². The third-order valence-electron chi connectivity index (χ3n) is 2.79. The van der Waals surface area contributed by atoms with Gasteiger partial charge in [-0.05, 0) is 12.1 Å². The lowest BCUT2D eigenvalue weighted by molar-refractivity contribution is 0.0371. The van der Waals surface area contributed by atoms with Crippen molar-refractivity contribution in [2.45, 2.75) is 6.10 Å². The van der Waals surface area contributed by atoms with Gasteiger partial charge in [-0.2, -0.15) is 4.98 Å². The Balaban J connectivity index is 1.67. The van der Waals surface area contributed by atoms with Crippen molar-refractivity contribution in [2.75, 3.05) is 31.6 Å². The Kier molecular flexibility index (Phi) is 3.31. The highest BCUT2D eigenvalue weighted by Crippen LogP contribution is 2.11. The van der Waals surface area contributed by atoms with Gasteiger partial charge in [-0.1, -0.05) is 11.6 Å². The number of ether oxygens (including phenoxy) is 1. The topological polar surface area (TPSA) is 63.5 Å². The largest absolute Gasteiger partial charge is 0.374 e. The van der Waals surface area contributed by atoms with Gasteiger partial charge in [0.05, 0.1) is 17.7 Å². The third kappa shape index (κ3) is 2.55. The molecule has 2 aromatic rings. The molecule has 0 aromatic carbocycles. The first-order chi connectivity index (χ1) is 8.81. The lowest BCUT2D eigenvalue weighted by Crippen LogP contribution is -2.42. The summed E-state index contributed by atoms with van der Waals surface area (Å²) in [6, 6.07) is 3.63. The average molecular weight is 268 g/mol. The van der Waals surface area contributed by atoms with Gasteiger partial charge in [0.2, 0.25) is 5.95 Å². The Bertz CT molecular complexity index is 537. The Morgan fingerprint density at radius 1 is 1.56 bits per heavy atom. The number of halogens is 1. The van der Waals surface area contributed by atoms with E-state index in [1.54, 1.807) is 16.8 Å². The number of hydrogen-bond acceptors (Lipinski definition) is 5. The maximum absolute atomic E-state index is 5.89. The fourth-order valence-electron chi connectivity index (χ4n) is 1.89. The molecule has 1 aliphatic heterocycles. The highest BCUT2D eigenvalue weighted by molar-refractivity contribution is 6.30. The second kappa shape index (κ2) is 5.09. The molecule has 6 nitrogen and oxygen atoms in total. The van der Waals surface area contributed by atoms with Crippen molar-refractivity contribution >= 4 is 23.2 Å². The van der Waals surface area contributed by atoms with Gasteiger partial charge >= 0.3 is 0 Å². The smallest absolute Gasteiger partial charge is 0.243 e. The molecule has 18 heavy (non-hydrogen) atoms. The molecule has 0 bridgehead atoms. The van der Waals surface area contributed by atoms with Crippen LogP contribution in [0.15, 0.2) is 18.3 Å². The molecule has 0 saturated carbocycles. The van der Waals surface area contributed by atoms with Crippen molar-refractivity contribution in [1.82, 2.24) is 19.9 Å². The van der Waals surface area contributed by atoms with Gasteiger partial charge in [-0.3, -0.25) is 0 Å². The minimum atomic E-state index is 0.161. The molecular formula is C11H14ClN5O. The van der Waals surface area contributed by atoms with E-state index in [1.807, 2.05) is 6.07 Å². The van der Waals surface area contributed by atoms with Gasteiger partial charge < -0.3 is 15.4 Å². The highest BCUT2D eigenvalue weighted by Gasteiger charge is 2.13. The van der Waals surface area contributed by atoms with E-state index in [-0.39, 0.29) is 6.10 Å². The van der Waals surface area contributed by atoms with E-state index in [9.17, 15) is 0 Å². The average Bonchev–Trinajstić information content (AvgIpc) is 2.79. The minimum Gasteiger partial charge on any atom is -0.374 e. The first kappa shape index (κ1) is 11.7. The predicted octanol–water partition coefficient (Wildman–Crippen LogP) is 0.783. The molecule has 1 unspecified atom stereocenters. The fraction of sp³-hybridized carbons (Fsp3) is 0.455. The Morgan fingerprint density at radius 2 is 2.50 bits per heavy atom. The monoisotopic (exact) mass is 267 g/mol. The van der Waals surface area contributed by atoms with E-state index in [1.165, 1.54) is 0 Å². The van der Waals surface area contributed by atoms with E-state index >= 15 is 0 Å².